The molecule has 2 aromatic rings. The van der Waals surface area contributed by atoms with Gasteiger partial charge < -0.3 is 14.5 Å². The summed E-state index contributed by atoms with van der Waals surface area (Å²) in [7, 11) is 1.36. The number of hydrogen-bond acceptors (Lipinski definition) is 5. The Labute approximate surface area is 118 Å². The number of pyridine rings is 1. The number of esters is 1. The topological polar surface area (TPSA) is 64.4 Å². The molecule has 5 heteroatoms. The zero-order valence-corrected chi connectivity index (χ0v) is 11.8. The predicted octanol–water partition coefficient (Wildman–Crippen LogP) is 2.62. The molecular formula is C15H18N2O3. The quantitative estimate of drug-likeness (QED) is 0.849. The molecule has 2 heterocycles. The van der Waals surface area contributed by atoms with E-state index in [2.05, 4.69) is 17.2 Å². The number of methoxy groups -OCH3 is 1. The van der Waals surface area contributed by atoms with E-state index in [0.29, 0.717) is 23.6 Å². The van der Waals surface area contributed by atoms with Crippen LogP contribution in [-0.2, 0) is 11.3 Å². The number of furan rings is 1. The van der Waals surface area contributed by atoms with Crippen molar-refractivity contribution in [2.45, 2.75) is 26.4 Å². The Morgan fingerprint density at radius 1 is 1.45 bits per heavy atom. The third-order valence-electron chi connectivity index (χ3n) is 3.16. The molecule has 20 heavy (non-hydrogen) atoms. The van der Waals surface area contributed by atoms with Crippen molar-refractivity contribution in [1.29, 1.82) is 0 Å². The molecule has 0 spiro atoms. The van der Waals surface area contributed by atoms with Gasteiger partial charge >= 0.3 is 5.97 Å². The van der Waals surface area contributed by atoms with E-state index >= 15 is 0 Å². The number of nitrogens with zero attached hydrogens (tertiary/aromatic N) is 1. The van der Waals surface area contributed by atoms with Gasteiger partial charge in [0.25, 0.3) is 0 Å². The van der Waals surface area contributed by atoms with Crippen molar-refractivity contribution < 1.29 is 13.9 Å². The Kier molecular flexibility index (Phi) is 4.53. The summed E-state index contributed by atoms with van der Waals surface area (Å²) in [6.45, 7) is 4.36. The van der Waals surface area contributed by atoms with Gasteiger partial charge in [-0.25, -0.2) is 4.79 Å². The molecule has 5 nitrogen and oxygen atoms in total. The fraction of sp³-hybridized carbons (Fsp3) is 0.333. The third kappa shape index (κ3) is 3.24. The molecule has 0 aliphatic heterocycles. The molecule has 0 fully saturated rings. The van der Waals surface area contributed by atoms with Crippen LogP contribution in [0.15, 0.2) is 35.0 Å². The van der Waals surface area contributed by atoms with Gasteiger partial charge in [0.1, 0.15) is 17.1 Å². The van der Waals surface area contributed by atoms with Crippen LogP contribution in [0.25, 0.3) is 0 Å². The van der Waals surface area contributed by atoms with Crippen LogP contribution in [0, 0.1) is 6.92 Å². The first-order valence-electron chi connectivity index (χ1n) is 6.42. The fourth-order valence-electron chi connectivity index (χ4n) is 1.97. The molecule has 0 aliphatic rings. The minimum atomic E-state index is -0.375. The molecule has 0 saturated carbocycles. The summed E-state index contributed by atoms with van der Waals surface area (Å²) in [6.07, 6.45) is 3.53. The molecular weight excluding hydrogens is 256 g/mol. The summed E-state index contributed by atoms with van der Waals surface area (Å²) in [5.41, 5.74) is 1.62. The first-order valence-corrected chi connectivity index (χ1v) is 6.42. The standard InChI is InChI=1S/C15H18N2O3/c1-10(12-4-6-16-7-5-12)17-9-13-8-14(11(2)20-13)15(18)19-3/h4-8,10,17H,9H2,1-3H3/t10-/m0/s1. The van der Waals surface area contributed by atoms with Gasteiger partial charge in [0.15, 0.2) is 0 Å². The van der Waals surface area contributed by atoms with Crippen molar-refractivity contribution in [3.05, 3.63) is 53.2 Å². The number of carbonyl (C=O) groups excluding carboxylic acids is 1. The minimum absolute atomic E-state index is 0.171. The van der Waals surface area contributed by atoms with E-state index in [1.54, 1.807) is 25.4 Å². The summed E-state index contributed by atoms with van der Waals surface area (Å²) < 4.78 is 10.2. The van der Waals surface area contributed by atoms with Gasteiger partial charge in [-0.3, -0.25) is 4.98 Å². The maximum atomic E-state index is 11.5. The van der Waals surface area contributed by atoms with E-state index in [-0.39, 0.29) is 12.0 Å². The smallest absolute Gasteiger partial charge is 0.341 e. The number of aryl methyl sites for hydroxylation is 1. The Balaban J connectivity index is 1.99. The fourth-order valence-corrected chi connectivity index (χ4v) is 1.97. The third-order valence-corrected chi connectivity index (χ3v) is 3.16. The number of nitrogens with one attached hydrogen (secondary N) is 1. The Morgan fingerprint density at radius 3 is 2.80 bits per heavy atom. The number of carbonyl (C=O) groups is 1. The van der Waals surface area contributed by atoms with Crippen molar-refractivity contribution in [2.75, 3.05) is 7.11 Å². The van der Waals surface area contributed by atoms with Crippen LogP contribution in [-0.4, -0.2) is 18.1 Å². The number of aromatic nitrogens is 1. The molecule has 0 radical (unpaired) electrons. The zero-order chi connectivity index (χ0) is 14.5. The Hall–Kier alpha value is -2.14. The molecule has 0 unspecified atom stereocenters. The van der Waals surface area contributed by atoms with Crippen LogP contribution in [0.5, 0.6) is 0 Å². The van der Waals surface area contributed by atoms with E-state index in [1.807, 2.05) is 12.1 Å². The lowest BCUT2D eigenvalue weighted by Gasteiger charge is -2.12. The number of hydrogen-bond donors (Lipinski definition) is 1. The van der Waals surface area contributed by atoms with E-state index in [4.69, 9.17) is 9.15 Å². The lowest BCUT2D eigenvalue weighted by atomic mass is 10.1. The highest BCUT2D eigenvalue weighted by Crippen LogP contribution is 2.17. The van der Waals surface area contributed by atoms with Gasteiger partial charge in [0.05, 0.1) is 13.7 Å². The molecule has 0 amide bonds. The first kappa shape index (κ1) is 14.3. The number of rotatable bonds is 5. The van der Waals surface area contributed by atoms with Gasteiger partial charge in [-0.15, -0.1) is 0 Å². The molecule has 106 valence electrons. The van der Waals surface area contributed by atoms with Crippen molar-refractivity contribution in [3.63, 3.8) is 0 Å². The van der Waals surface area contributed by atoms with Crippen LogP contribution in [0.4, 0.5) is 0 Å². The van der Waals surface area contributed by atoms with Gasteiger partial charge in [-0.05, 0) is 37.6 Å². The van der Waals surface area contributed by atoms with Crippen LogP contribution >= 0.6 is 0 Å². The van der Waals surface area contributed by atoms with Crippen LogP contribution in [0.2, 0.25) is 0 Å². The maximum Gasteiger partial charge on any atom is 0.341 e. The summed E-state index contributed by atoms with van der Waals surface area (Å²) in [6, 6.07) is 5.81. The molecule has 0 bridgehead atoms. The Bertz CT molecular complexity index is 578. The lowest BCUT2D eigenvalue weighted by Crippen LogP contribution is -2.17. The molecule has 2 rings (SSSR count). The monoisotopic (exact) mass is 274 g/mol. The van der Waals surface area contributed by atoms with Gasteiger partial charge in [0, 0.05) is 18.4 Å². The molecule has 1 atom stereocenters. The van der Waals surface area contributed by atoms with Crippen molar-refractivity contribution in [3.8, 4) is 0 Å². The number of ether oxygens (including phenoxy) is 1. The van der Waals surface area contributed by atoms with Gasteiger partial charge in [-0.1, -0.05) is 0 Å². The van der Waals surface area contributed by atoms with Gasteiger partial charge in [-0.2, -0.15) is 0 Å². The second-order valence-corrected chi connectivity index (χ2v) is 4.56. The highest BCUT2D eigenvalue weighted by atomic mass is 16.5. The maximum absolute atomic E-state index is 11.5. The normalized spacial score (nSPS) is 12.2. The van der Waals surface area contributed by atoms with Crippen molar-refractivity contribution in [2.24, 2.45) is 0 Å². The summed E-state index contributed by atoms with van der Waals surface area (Å²) in [4.78, 5) is 15.5. The molecule has 0 aliphatic carbocycles. The second kappa shape index (κ2) is 6.34. The van der Waals surface area contributed by atoms with Crippen LogP contribution < -0.4 is 5.32 Å². The molecule has 0 saturated heterocycles. The molecule has 1 N–H and O–H groups in total. The van der Waals surface area contributed by atoms with Crippen molar-refractivity contribution in [1.82, 2.24) is 10.3 Å². The summed E-state index contributed by atoms with van der Waals surface area (Å²) in [5.74, 6) is 0.911. The summed E-state index contributed by atoms with van der Waals surface area (Å²) in [5, 5.41) is 3.34. The molecule has 0 aromatic carbocycles. The molecule has 2 aromatic heterocycles. The second-order valence-electron chi connectivity index (χ2n) is 4.56. The lowest BCUT2D eigenvalue weighted by molar-refractivity contribution is 0.0599. The highest BCUT2D eigenvalue weighted by Gasteiger charge is 2.15. The Morgan fingerprint density at radius 2 is 2.15 bits per heavy atom. The highest BCUT2D eigenvalue weighted by molar-refractivity contribution is 5.90. The summed E-state index contributed by atoms with van der Waals surface area (Å²) >= 11 is 0. The zero-order valence-electron chi connectivity index (χ0n) is 11.8. The van der Waals surface area contributed by atoms with Crippen molar-refractivity contribution >= 4 is 5.97 Å². The van der Waals surface area contributed by atoms with Crippen LogP contribution in [0.1, 0.15) is 40.4 Å². The first-order chi connectivity index (χ1) is 9.61. The largest absolute Gasteiger partial charge is 0.465 e. The van der Waals surface area contributed by atoms with E-state index < -0.39 is 0 Å². The van der Waals surface area contributed by atoms with E-state index in [1.165, 1.54) is 7.11 Å². The predicted molar refractivity (Wildman–Crippen MR) is 74.3 cm³/mol. The SMILES string of the molecule is COC(=O)c1cc(CN[C@@H](C)c2ccncc2)oc1C. The van der Waals surface area contributed by atoms with Gasteiger partial charge in [0.2, 0.25) is 0 Å². The minimum Gasteiger partial charge on any atom is -0.465 e. The average Bonchev–Trinajstić information content (AvgIpc) is 2.86. The van der Waals surface area contributed by atoms with E-state index in [9.17, 15) is 4.79 Å². The van der Waals surface area contributed by atoms with E-state index in [0.717, 1.165) is 5.56 Å². The van der Waals surface area contributed by atoms with Crippen LogP contribution in [0.3, 0.4) is 0 Å². The average molecular weight is 274 g/mol.